The van der Waals surface area contributed by atoms with Gasteiger partial charge in [0.25, 0.3) is 0 Å². The predicted octanol–water partition coefficient (Wildman–Crippen LogP) is 7.79. The Hall–Kier alpha value is -3.74. The second-order valence-corrected chi connectivity index (χ2v) is 16.6. The molecule has 2 aromatic heterocycles. The third-order valence-corrected chi connectivity index (χ3v) is 10.9. The predicted molar refractivity (Wildman–Crippen MR) is 209 cm³/mol. The van der Waals surface area contributed by atoms with Gasteiger partial charge in [0.1, 0.15) is 17.5 Å². The molecule has 1 aromatic carbocycles. The van der Waals surface area contributed by atoms with E-state index in [1.165, 1.54) is 4.90 Å². The van der Waals surface area contributed by atoms with Crippen molar-refractivity contribution in [1.29, 1.82) is 0 Å². The molecule has 0 unspecified atom stereocenters. The summed E-state index contributed by atoms with van der Waals surface area (Å²) < 4.78 is 13.0. The minimum atomic E-state index is -0.486. The number of hydrogen-bond donors (Lipinski definition) is 2. The first-order chi connectivity index (χ1) is 25.4. The van der Waals surface area contributed by atoms with E-state index in [0.717, 1.165) is 109 Å². The van der Waals surface area contributed by atoms with Crippen LogP contribution in [-0.4, -0.2) is 83.0 Å². The van der Waals surface area contributed by atoms with Gasteiger partial charge in [0, 0.05) is 72.7 Å². The number of imide groups is 1. The number of nitrogens with zero attached hydrogens (tertiary/aromatic N) is 3. The zero-order chi connectivity index (χ0) is 38.0. The molecule has 5 rings (SSSR count). The van der Waals surface area contributed by atoms with E-state index in [9.17, 15) is 19.2 Å². The second-order valence-electron chi connectivity index (χ2n) is 15.1. The minimum Gasteiger partial charge on any atom is -0.489 e. The minimum absolute atomic E-state index is 0.0641. The monoisotopic (exact) mass is 767 g/mol. The van der Waals surface area contributed by atoms with Crippen molar-refractivity contribution in [3.05, 3.63) is 45.9 Å². The summed E-state index contributed by atoms with van der Waals surface area (Å²) in [6.07, 6.45) is 10.1. The Labute approximate surface area is 322 Å². The number of rotatable bonds is 17. The van der Waals surface area contributed by atoms with Crippen LogP contribution in [0.4, 0.5) is 4.79 Å². The fourth-order valence-electron chi connectivity index (χ4n) is 6.80. The van der Waals surface area contributed by atoms with E-state index in [-0.39, 0.29) is 49.3 Å². The summed E-state index contributed by atoms with van der Waals surface area (Å²) in [6, 6.07) is 7.82. The van der Waals surface area contributed by atoms with Gasteiger partial charge in [-0.2, -0.15) is 0 Å². The molecule has 0 radical (unpaired) electrons. The van der Waals surface area contributed by atoms with Gasteiger partial charge in [-0.25, -0.2) is 4.79 Å². The number of thiophene rings is 1. The van der Waals surface area contributed by atoms with Crippen molar-refractivity contribution in [2.24, 2.45) is 0 Å². The highest BCUT2D eigenvalue weighted by Crippen LogP contribution is 2.42. The Morgan fingerprint density at radius 3 is 2.38 bits per heavy atom. The van der Waals surface area contributed by atoms with Crippen LogP contribution in [-0.2, 0) is 25.7 Å². The van der Waals surface area contributed by atoms with Crippen LogP contribution in [0.2, 0.25) is 5.02 Å². The molecule has 0 saturated carbocycles. The normalized spacial score (nSPS) is 15.7. The number of aromatic nitrogens is 1. The molecule has 2 aliphatic rings. The van der Waals surface area contributed by atoms with E-state index in [2.05, 4.69) is 20.5 Å². The highest BCUT2D eigenvalue weighted by molar-refractivity contribution is 7.19. The lowest BCUT2D eigenvalue weighted by molar-refractivity contribution is -0.139. The number of piperidine rings is 1. The fourth-order valence-corrected chi connectivity index (χ4v) is 8.20. The molecule has 288 valence electrons. The van der Waals surface area contributed by atoms with Gasteiger partial charge < -0.3 is 25.0 Å². The molecule has 2 aliphatic heterocycles. The van der Waals surface area contributed by atoms with Gasteiger partial charge in [-0.15, -0.1) is 11.3 Å². The number of ether oxygens (including phenoxy) is 2. The summed E-state index contributed by atoms with van der Waals surface area (Å²) in [5.74, 6) is 0.675. The van der Waals surface area contributed by atoms with Gasteiger partial charge in [-0.05, 0) is 96.2 Å². The average Bonchev–Trinajstić information content (AvgIpc) is 3.66. The van der Waals surface area contributed by atoms with Crippen molar-refractivity contribution in [1.82, 2.24) is 25.4 Å². The van der Waals surface area contributed by atoms with Crippen LogP contribution in [0.25, 0.3) is 21.3 Å². The van der Waals surface area contributed by atoms with Crippen LogP contribution in [0.5, 0.6) is 5.75 Å². The number of carbonyl (C=O) groups excluding carboxylic acids is 4. The number of halogens is 1. The molecule has 0 spiro atoms. The lowest BCUT2D eigenvalue weighted by Crippen LogP contribution is -2.39. The highest BCUT2D eigenvalue weighted by Gasteiger charge is 2.30. The number of pyridine rings is 1. The summed E-state index contributed by atoms with van der Waals surface area (Å²) in [5, 5.41) is 6.49. The number of unbranched alkanes of at least 4 members (excludes halogenated alkanes) is 4. The van der Waals surface area contributed by atoms with E-state index in [1.807, 2.05) is 52.0 Å². The molecule has 4 amide bonds. The van der Waals surface area contributed by atoms with E-state index >= 15 is 0 Å². The maximum absolute atomic E-state index is 12.3. The molecule has 0 bridgehead atoms. The molecule has 13 heteroatoms. The fraction of sp³-hybridized carbons (Fsp3) is 0.575. The molecule has 3 aromatic rings. The topological polar surface area (TPSA) is 130 Å². The Bertz CT molecular complexity index is 1730. The maximum atomic E-state index is 12.3. The molecule has 0 aliphatic carbocycles. The average molecular weight is 768 g/mol. The summed E-state index contributed by atoms with van der Waals surface area (Å²) in [4.78, 5) is 57.8. The van der Waals surface area contributed by atoms with Gasteiger partial charge in [0.05, 0.1) is 16.8 Å². The maximum Gasteiger partial charge on any atom is 0.407 e. The largest absolute Gasteiger partial charge is 0.489 e. The lowest BCUT2D eigenvalue weighted by atomic mass is 10.0. The van der Waals surface area contributed by atoms with Crippen molar-refractivity contribution < 1.29 is 28.7 Å². The van der Waals surface area contributed by atoms with Crippen LogP contribution in [0.3, 0.4) is 0 Å². The number of aryl methyl sites for hydroxylation is 1. The zero-order valence-corrected chi connectivity index (χ0v) is 33.1. The Balaban J connectivity index is 1.02. The molecule has 53 heavy (non-hydrogen) atoms. The number of benzene rings is 1. The molecule has 0 atom stereocenters. The first-order valence-electron chi connectivity index (χ1n) is 19.0. The number of amides is 4. The standard InChI is InChI=1S/C40H54ClN5O6S/c1-27-23-28(41)24-32(31-14-19-42-33-25-30(53-38(31)33)26-46-35(48)12-13-36(46)49)37(27)51-29-15-21-45(22-16-29)20-10-18-43-34(47)11-8-6-5-7-9-17-44-39(50)52-40(2,3)4/h14,19,23-25,29H,5-13,15-18,20-22,26H2,1-4H3,(H,43,47)(H,44,50). The number of likely N-dealkylation sites (tertiary alicyclic amines) is 2. The number of alkyl carbamates (subject to hydrolysis) is 1. The van der Waals surface area contributed by atoms with Gasteiger partial charge in [0.2, 0.25) is 17.7 Å². The first-order valence-corrected chi connectivity index (χ1v) is 20.2. The Kier molecular flexibility index (Phi) is 14.5. The lowest BCUT2D eigenvalue weighted by Gasteiger charge is -2.33. The molecule has 2 N–H and O–H groups in total. The number of fused-ring (bicyclic) bond motifs is 1. The second kappa shape index (κ2) is 19.0. The van der Waals surface area contributed by atoms with E-state index < -0.39 is 5.60 Å². The Morgan fingerprint density at radius 1 is 0.943 bits per heavy atom. The third-order valence-electron chi connectivity index (χ3n) is 9.50. The SMILES string of the molecule is Cc1cc(Cl)cc(-c2ccnc3cc(CN4C(=O)CCC4=O)sc23)c1OC1CCN(CCCNC(=O)CCCCCCCNC(=O)OC(C)(C)C)CC1. The van der Waals surface area contributed by atoms with Crippen LogP contribution in [0.1, 0.15) is 102 Å². The number of hydrogen-bond acceptors (Lipinski definition) is 9. The molecule has 2 saturated heterocycles. The summed E-state index contributed by atoms with van der Waals surface area (Å²) >= 11 is 8.14. The quantitative estimate of drug-likeness (QED) is 0.105. The van der Waals surface area contributed by atoms with Crippen molar-refractivity contribution >= 4 is 57.0 Å². The first kappa shape index (κ1) is 40.4. The van der Waals surface area contributed by atoms with Crippen molar-refractivity contribution in [2.75, 3.05) is 32.7 Å². The van der Waals surface area contributed by atoms with Gasteiger partial charge in [0.15, 0.2) is 0 Å². The smallest absolute Gasteiger partial charge is 0.407 e. The Morgan fingerprint density at radius 2 is 1.64 bits per heavy atom. The zero-order valence-electron chi connectivity index (χ0n) is 31.6. The number of carbonyl (C=O) groups is 4. The summed E-state index contributed by atoms with van der Waals surface area (Å²) in [5.41, 5.74) is 3.17. The summed E-state index contributed by atoms with van der Waals surface area (Å²) in [6.45, 7) is 11.9. The van der Waals surface area contributed by atoms with Gasteiger partial charge in [-0.3, -0.25) is 24.3 Å². The third kappa shape index (κ3) is 12.1. The van der Waals surface area contributed by atoms with Crippen molar-refractivity contribution in [2.45, 2.75) is 117 Å². The van der Waals surface area contributed by atoms with Gasteiger partial charge in [-0.1, -0.05) is 30.9 Å². The molecular weight excluding hydrogens is 714 g/mol. The van der Waals surface area contributed by atoms with Crippen LogP contribution in [0, 0.1) is 6.92 Å². The van der Waals surface area contributed by atoms with Crippen LogP contribution < -0.4 is 15.4 Å². The number of nitrogens with one attached hydrogen (secondary N) is 2. The van der Waals surface area contributed by atoms with E-state index in [0.29, 0.717) is 24.5 Å². The van der Waals surface area contributed by atoms with Crippen LogP contribution >= 0.6 is 22.9 Å². The van der Waals surface area contributed by atoms with Gasteiger partial charge >= 0.3 is 6.09 Å². The van der Waals surface area contributed by atoms with E-state index in [1.54, 1.807) is 17.5 Å². The molecule has 2 fully saturated rings. The van der Waals surface area contributed by atoms with Crippen molar-refractivity contribution in [3.8, 4) is 16.9 Å². The van der Waals surface area contributed by atoms with Crippen molar-refractivity contribution in [3.63, 3.8) is 0 Å². The van der Waals surface area contributed by atoms with Crippen LogP contribution in [0.15, 0.2) is 30.5 Å². The van der Waals surface area contributed by atoms with E-state index in [4.69, 9.17) is 21.1 Å². The molecule has 11 nitrogen and oxygen atoms in total. The summed E-state index contributed by atoms with van der Waals surface area (Å²) in [7, 11) is 0. The molecule has 4 heterocycles. The highest BCUT2D eigenvalue weighted by atomic mass is 35.5. The molecular formula is C40H54ClN5O6S.